The molecule has 0 aliphatic carbocycles. The lowest BCUT2D eigenvalue weighted by Crippen LogP contribution is -2.38. The number of hydrogen-bond donors (Lipinski definition) is 1. The molecule has 1 atom stereocenters. The summed E-state index contributed by atoms with van der Waals surface area (Å²) in [5.41, 5.74) is 0.803. The molecular formula is C22H32FN5O2S. The monoisotopic (exact) mass is 449 g/mol. The van der Waals surface area contributed by atoms with Gasteiger partial charge in [-0.05, 0) is 43.5 Å². The maximum atomic E-state index is 13.4. The van der Waals surface area contributed by atoms with Crippen molar-refractivity contribution in [1.82, 2.24) is 25.0 Å². The molecule has 9 heteroatoms. The summed E-state index contributed by atoms with van der Waals surface area (Å²) in [4.78, 5) is 14.8. The van der Waals surface area contributed by atoms with Gasteiger partial charge in [-0.2, -0.15) is 0 Å². The summed E-state index contributed by atoms with van der Waals surface area (Å²) in [5, 5.41) is 12.1. The van der Waals surface area contributed by atoms with Crippen LogP contribution in [0.15, 0.2) is 29.4 Å². The summed E-state index contributed by atoms with van der Waals surface area (Å²) in [6.45, 7) is 11.6. The number of thioether (sulfide) groups is 1. The molecule has 1 amide bonds. The summed E-state index contributed by atoms with van der Waals surface area (Å²) in [5.74, 6) is 0.939. The van der Waals surface area contributed by atoms with E-state index < -0.39 is 0 Å². The molecule has 1 aliphatic heterocycles. The van der Waals surface area contributed by atoms with E-state index in [-0.39, 0.29) is 17.0 Å². The summed E-state index contributed by atoms with van der Waals surface area (Å²) in [7, 11) is 0. The van der Waals surface area contributed by atoms with Gasteiger partial charge in [0, 0.05) is 38.3 Å². The lowest BCUT2D eigenvalue weighted by atomic mass is 10.1. The standard InChI is InChI=1S/C22H32FN5O2S/c1-16(2)8-9-24-21(29)17(3)31-22-26-25-20(18-4-6-19(23)7-5-18)28(22)11-10-27-12-14-30-15-13-27/h4-7,16-17H,8-15H2,1-3H3,(H,24,29). The van der Waals surface area contributed by atoms with Crippen LogP contribution in [0, 0.1) is 11.7 Å². The molecule has 1 aromatic heterocycles. The Kier molecular flexibility index (Phi) is 8.86. The molecule has 1 saturated heterocycles. The second kappa shape index (κ2) is 11.6. The molecule has 7 nitrogen and oxygen atoms in total. The van der Waals surface area contributed by atoms with E-state index in [1.807, 2.05) is 11.5 Å². The van der Waals surface area contributed by atoms with E-state index in [1.165, 1.54) is 23.9 Å². The van der Waals surface area contributed by atoms with Crippen molar-refractivity contribution >= 4 is 17.7 Å². The Bertz CT molecular complexity index is 837. The zero-order valence-corrected chi connectivity index (χ0v) is 19.3. The fraction of sp³-hybridized carbons (Fsp3) is 0.591. The van der Waals surface area contributed by atoms with Crippen molar-refractivity contribution < 1.29 is 13.9 Å². The molecule has 31 heavy (non-hydrogen) atoms. The number of halogens is 1. The molecule has 1 N–H and O–H groups in total. The Morgan fingerprint density at radius 1 is 1.16 bits per heavy atom. The van der Waals surface area contributed by atoms with Gasteiger partial charge in [0.2, 0.25) is 5.91 Å². The largest absolute Gasteiger partial charge is 0.379 e. The number of nitrogens with one attached hydrogen (secondary N) is 1. The van der Waals surface area contributed by atoms with Crippen molar-refractivity contribution in [2.75, 3.05) is 39.4 Å². The van der Waals surface area contributed by atoms with Crippen LogP contribution >= 0.6 is 11.8 Å². The van der Waals surface area contributed by atoms with Gasteiger partial charge in [-0.25, -0.2) is 4.39 Å². The quantitative estimate of drug-likeness (QED) is 0.562. The molecule has 1 aromatic carbocycles. The highest BCUT2D eigenvalue weighted by Gasteiger charge is 2.21. The summed E-state index contributed by atoms with van der Waals surface area (Å²) in [6.07, 6.45) is 0.952. The van der Waals surface area contributed by atoms with E-state index in [2.05, 4.69) is 34.3 Å². The molecule has 2 heterocycles. The Morgan fingerprint density at radius 2 is 1.87 bits per heavy atom. The molecule has 0 spiro atoms. The number of aromatic nitrogens is 3. The van der Waals surface area contributed by atoms with Crippen LogP contribution in [0.4, 0.5) is 4.39 Å². The first-order chi connectivity index (χ1) is 14.9. The fourth-order valence-electron chi connectivity index (χ4n) is 3.30. The van der Waals surface area contributed by atoms with Crippen molar-refractivity contribution in [1.29, 1.82) is 0 Å². The zero-order chi connectivity index (χ0) is 22.2. The van der Waals surface area contributed by atoms with Gasteiger partial charge in [-0.3, -0.25) is 9.69 Å². The average molecular weight is 450 g/mol. The minimum Gasteiger partial charge on any atom is -0.379 e. The lowest BCUT2D eigenvalue weighted by Gasteiger charge is -2.27. The average Bonchev–Trinajstić information content (AvgIpc) is 3.15. The van der Waals surface area contributed by atoms with Gasteiger partial charge < -0.3 is 14.6 Å². The minimum absolute atomic E-state index is 0.00304. The van der Waals surface area contributed by atoms with Gasteiger partial charge in [-0.15, -0.1) is 10.2 Å². The van der Waals surface area contributed by atoms with E-state index in [0.717, 1.165) is 44.8 Å². The van der Waals surface area contributed by atoms with E-state index in [4.69, 9.17) is 4.74 Å². The van der Waals surface area contributed by atoms with Crippen LogP contribution < -0.4 is 5.32 Å². The molecule has 0 radical (unpaired) electrons. The second-order valence-electron chi connectivity index (χ2n) is 8.15. The summed E-state index contributed by atoms with van der Waals surface area (Å²) in [6, 6.07) is 6.27. The molecule has 1 fully saturated rings. The highest BCUT2D eigenvalue weighted by molar-refractivity contribution is 8.00. The number of benzene rings is 1. The zero-order valence-electron chi connectivity index (χ0n) is 18.5. The van der Waals surface area contributed by atoms with Gasteiger partial charge in [-0.1, -0.05) is 25.6 Å². The van der Waals surface area contributed by atoms with E-state index in [1.54, 1.807) is 12.1 Å². The third-order valence-corrected chi connectivity index (χ3v) is 6.32. The first-order valence-electron chi connectivity index (χ1n) is 10.9. The van der Waals surface area contributed by atoms with Crippen molar-refractivity contribution in [3.63, 3.8) is 0 Å². The smallest absolute Gasteiger partial charge is 0.233 e. The molecule has 0 bridgehead atoms. The van der Waals surface area contributed by atoms with Crippen LogP contribution in [-0.4, -0.2) is 70.2 Å². The Hall–Kier alpha value is -1.97. The van der Waals surface area contributed by atoms with Crippen molar-refractivity contribution in [3.8, 4) is 11.4 Å². The SMILES string of the molecule is CC(C)CCNC(=O)C(C)Sc1nnc(-c2ccc(F)cc2)n1CCN1CCOCC1. The molecule has 1 aliphatic rings. The molecular weight excluding hydrogens is 417 g/mol. The number of hydrogen-bond acceptors (Lipinski definition) is 6. The van der Waals surface area contributed by atoms with Gasteiger partial charge in [0.05, 0.1) is 18.5 Å². The molecule has 2 aromatic rings. The van der Waals surface area contributed by atoms with Crippen LogP contribution in [0.5, 0.6) is 0 Å². The summed E-state index contributed by atoms with van der Waals surface area (Å²) < 4.78 is 20.9. The van der Waals surface area contributed by atoms with Gasteiger partial charge in [0.1, 0.15) is 5.82 Å². The topological polar surface area (TPSA) is 72.3 Å². The van der Waals surface area contributed by atoms with Crippen LogP contribution in [0.25, 0.3) is 11.4 Å². The number of carbonyl (C=O) groups excluding carboxylic acids is 1. The van der Waals surface area contributed by atoms with E-state index >= 15 is 0 Å². The Morgan fingerprint density at radius 3 is 2.55 bits per heavy atom. The molecule has 170 valence electrons. The molecule has 0 saturated carbocycles. The van der Waals surface area contributed by atoms with Gasteiger partial charge in [0.25, 0.3) is 0 Å². The van der Waals surface area contributed by atoms with Crippen molar-refractivity contribution in [2.45, 2.75) is 44.1 Å². The van der Waals surface area contributed by atoms with Crippen LogP contribution in [0.3, 0.4) is 0 Å². The third kappa shape index (κ3) is 7.02. The highest BCUT2D eigenvalue weighted by atomic mass is 32.2. The lowest BCUT2D eigenvalue weighted by molar-refractivity contribution is -0.120. The van der Waals surface area contributed by atoms with Gasteiger partial charge >= 0.3 is 0 Å². The van der Waals surface area contributed by atoms with Crippen LogP contribution in [0.2, 0.25) is 0 Å². The van der Waals surface area contributed by atoms with Crippen LogP contribution in [-0.2, 0) is 16.1 Å². The van der Waals surface area contributed by atoms with Crippen LogP contribution in [0.1, 0.15) is 27.2 Å². The number of amides is 1. The third-order valence-electron chi connectivity index (χ3n) is 5.24. The van der Waals surface area contributed by atoms with E-state index in [9.17, 15) is 9.18 Å². The number of nitrogens with zero attached hydrogens (tertiary/aromatic N) is 4. The highest BCUT2D eigenvalue weighted by Crippen LogP contribution is 2.27. The fourth-order valence-corrected chi connectivity index (χ4v) is 4.20. The molecule has 3 rings (SSSR count). The molecule has 1 unspecified atom stereocenters. The maximum Gasteiger partial charge on any atom is 0.233 e. The van der Waals surface area contributed by atoms with Gasteiger partial charge in [0.15, 0.2) is 11.0 Å². The van der Waals surface area contributed by atoms with Crippen molar-refractivity contribution in [3.05, 3.63) is 30.1 Å². The predicted molar refractivity (Wildman–Crippen MR) is 120 cm³/mol. The first kappa shape index (κ1) is 23.7. The first-order valence-corrected chi connectivity index (χ1v) is 11.8. The number of rotatable bonds is 10. The number of morpholine rings is 1. The van der Waals surface area contributed by atoms with Crippen molar-refractivity contribution in [2.24, 2.45) is 5.92 Å². The maximum absolute atomic E-state index is 13.4. The normalized spacial score (nSPS) is 15.9. The Balaban J connectivity index is 1.73. The predicted octanol–water partition coefficient (Wildman–Crippen LogP) is 3.06. The second-order valence-corrected chi connectivity index (χ2v) is 9.46. The summed E-state index contributed by atoms with van der Waals surface area (Å²) >= 11 is 1.40. The number of carbonyl (C=O) groups is 1. The number of ether oxygens (including phenoxy) is 1. The minimum atomic E-state index is -0.292. The Labute approximate surface area is 187 Å². The van der Waals surface area contributed by atoms with E-state index in [0.29, 0.717) is 30.0 Å².